The van der Waals surface area contributed by atoms with Gasteiger partial charge in [0.2, 0.25) is 5.88 Å². The van der Waals surface area contributed by atoms with Crippen molar-refractivity contribution in [2.45, 2.75) is 26.4 Å². The molecule has 0 aromatic rings. The summed E-state index contributed by atoms with van der Waals surface area (Å²) in [6.07, 6.45) is 1.58. The second-order valence-electron chi connectivity index (χ2n) is 3.76. The van der Waals surface area contributed by atoms with Crippen molar-refractivity contribution < 1.29 is 13.7 Å². The first-order chi connectivity index (χ1) is 6.40. The van der Waals surface area contributed by atoms with Gasteiger partial charge >= 0.3 is 5.97 Å². The van der Waals surface area contributed by atoms with E-state index in [2.05, 4.69) is 0 Å². The van der Waals surface area contributed by atoms with Gasteiger partial charge in [0, 0.05) is 5.41 Å². The van der Waals surface area contributed by atoms with Crippen LogP contribution in [0.25, 0.3) is 0 Å². The van der Waals surface area contributed by atoms with Gasteiger partial charge in [-0.1, -0.05) is 0 Å². The minimum atomic E-state index is -0.525. The maximum atomic E-state index is 11.5. The third kappa shape index (κ3) is 2.99. The zero-order chi connectivity index (χ0) is 10.8. The van der Waals surface area contributed by atoms with E-state index in [1.54, 1.807) is 32.3 Å². The molecule has 1 aliphatic heterocycles. The van der Waals surface area contributed by atoms with Gasteiger partial charge in [-0.2, -0.15) is 0 Å². The maximum absolute atomic E-state index is 11.5. The van der Waals surface area contributed by atoms with E-state index in [1.807, 2.05) is 0 Å². The smallest absolute Gasteiger partial charge is 0.344 e. The number of carbonyl (C=O) groups is 1. The fourth-order valence-corrected chi connectivity index (χ4v) is 1.24. The topological polar surface area (TPSA) is 61.5 Å². The second kappa shape index (κ2) is 3.96. The van der Waals surface area contributed by atoms with Gasteiger partial charge in [-0.3, -0.25) is 0 Å². The maximum Gasteiger partial charge on any atom is 0.344 e. The highest BCUT2D eigenvalue weighted by molar-refractivity contribution is 7.97. The van der Waals surface area contributed by atoms with E-state index in [-0.39, 0.29) is 11.5 Å². The molecule has 0 saturated heterocycles. The van der Waals surface area contributed by atoms with Crippen LogP contribution < -0.4 is 5.73 Å². The Morgan fingerprint density at radius 1 is 1.57 bits per heavy atom. The van der Waals surface area contributed by atoms with Crippen LogP contribution in [0.1, 0.15) is 20.8 Å². The van der Waals surface area contributed by atoms with Crippen molar-refractivity contribution in [1.82, 2.24) is 0 Å². The summed E-state index contributed by atoms with van der Waals surface area (Å²) in [5.74, 6) is -0.377. The molecule has 78 valence electrons. The fraction of sp³-hybridized carbons (Fsp3) is 0.444. The lowest BCUT2D eigenvalue weighted by Gasteiger charge is -2.20. The van der Waals surface area contributed by atoms with Gasteiger partial charge in [-0.15, -0.1) is 0 Å². The SMILES string of the molecule is CC(C)(C)OC(=O)C1=C(N)OSC=C1. The predicted molar refractivity (Wildman–Crippen MR) is 54.9 cm³/mol. The number of carbonyl (C=O) groups excluding carboxylic acids is 1. The molecule has 0 atom stereocenters. The summed E-state index contributed by atoms with van der Waals surface area (Å²) in [5, 5.41) is 1.63. The highest BCUT2D eigenvalue weighted by Crippen LogP contribution is 2.22. The molecule has 5 heteroatoms. The molecule has 0 spiro atoms. The van der Waals surface area contributed by atoms with Crippen molar-refractivity contribution in [3.63, 3.8) is 0 Å². The summed E-state index contributed by atoms with van der Waals surface area (Å²) in [7, 11) is 0. The van der Waals surface area contributed by atoms with E-state index < -0.39 is 11.6 Å². The molecule has 2 N–H and O–H groups in total. The molecule has 14 heavy (non-hydrogen) atoms. The van der Waals surface area contributed by atoms with Crippen LogP contribution in [0, 0.1) is 0 Å². The van der Waals surface area contributed by atoms with Gasteiger partial charge < -0.3 is 14.7 Å². The first kappa shape index (κ1) is 11.0. The highest BCUT2D eigenvalue weighted by Gasteiger charge is 2.22. The molecular formula is C9H13NO3S. The Bertz CT molecular complexity index is 302. The molecule has 4 nitrogen and oxygen atoms in total. The van der Waals surface area contributed by atoms with Crippen molar-refractivity contribution >= 4 is 18.0 Å². The molecule has 0 bridgehead atoms. The number of hydrogen-bond acceptors (Lipinski definition) is 5. The summed E-state index contributed by atoms with van der Waals surface area (Å²) in [4.78, 5) is 11.5. The second-order valence-corrected chi connectivity index (χ2v) is 4.39. The monoisotopic (exact) mass is 215 g/mol. The largest absolute Gasteiger partial charge is 0.456 e. The Morgan fingerprint density at radius 3 is 2.71 bits per heavy atom. The van der Waals surface area contributed by atoms with Gasteiger partial charge in [0.05, 0.1) is 12.0 Å². The Kier molecular flexibility index (Phi) is 3.10. The van der Waals surface area contributed by atoms with Crippen molar-refractivity contribution in [2.24, 2.45) is 5.73 Å². The molecule has 0 aromatic heterocycles. The Morgan fingerprint density at radius 2 is 2.21 bits per heavy atom. The molecule has 0 fully saturated rings. The molecule has 1 rings (SSSR count). The van der Waals surface area contributed by atoms with Crippen LogP contribution in [0.3, 0.4) is 0 Å². The first-order valence-corrected chi connectivity index (χ1v) is 4.93. The van der Waals surface area contributed by atoms with Gasteiger partial charge in [-0.05, 0) is 26.8 Å². The summed E-state index contributed by atoms with van der Waals surface area (Å²) >= 11 is 1.07. The number of esters is 1. The van der Waals surface area contributed by atoms with Gasteiger partial charge in [0.15, 0.2) is 0 Å². The molecular weight excluding hydrogens is 202 g/mol. The summed E-state index contributed by atoms with van der Waals surface area (Å²) in [6.45, 7) is 5.39. The minimum absolute atomic E-state index is 0.0896. The van der Waals surface area contributed by atoms with E-state index in [1.165, 1.54) is 0 Å². The Balaban J connectivity index is 2.75. The lowest BCUT2D eigenvalue weighted by atomic mass is 10.2. The minimum Gasteiger partial charge on any atom is -0.456 e. The summed E-state index contributed by atoms with van der Waals surface area (Å²) < 4.78 is 10.0. The van der Waals surface area contributed by atoms with Crippen LogP contribution in [0.15, 0.2) is 22.9 Å². The number of hydrogen-bond donors (Lipinski definition) is 1. The summed E-state index contributed by atoms with van der Waals surface area (Å²) in [6, 6.07) is 0. The fourth-order valence-electron chi connectivity index (χ4n) is 0.804. The molecule has 0 aliphatic carbocycles. The van der Waals surface area contributed by atoms with E-state index in [9.17, 15) is 4.79 Å². The van der Waals surface area contributed by atoms with E-state index >= 15 is 0 Å². The molecule has 0 unspecified atom stereocenters. The highest BCUT2D eigenvalue weighted by atomic mass is 32.2. The van der Waals surface area contributed by atoms with Crippen LogP contribution >= 0.6 is 12.0 Å². The average Bonchev–Trinajstić information content (AvgIpc) is 2.01. The lowest BCUT2D eigenvalue weighted by Crippen LogP contribution is -2.26. The predicted octanol–water partition coefficient (Wildman–Crippen LogP) is 1.69. The molecule has 0 radical (unpaired) electrons. The molecule has 1 aliphatic rings. The van der Waals surface area contributed by atoms with Gasteiger partial charge in [-0.25, -0.2) is 4.79 Å². The third-order valence-corrected chi connectivity index (χ3v) is 1.84. The number of rotatable bonds is 1. The Labute approximate surface area is 87.3 Å². The normalized spacial score (nSPS) is 16.5. The Hall–Kier alpha value is -1.10. The average molecular weight is 215 g/mol. The van der Waals surface area contributed by atoms with E-state index in [4.69, 9.17) is 14.7 Å². The molecule has 0 amide bonds. The van der Waals surface area contributed by atoms with E-state index in [0.29, 0.717) is 0 Å². The molecule has 1 heterocycles. The van der Waals surface area contributed by atoms with Crippen LogP contribution in [-0.4, -0.2) is 11.6 Å². The van der Waals surface area contributed by atoms with Crippen LogP contribution in [0.4, 0.5) is 0 Å². The quantitative estimate of drug-likeness (QED) is 0.532. The van der Waals surface area contributed by atoms with Crippen molar-refractivity contribution in [3.05, 3.63) is 22.9 Å². The van der Waals surface area contributed by atoms with Crippen molar-refractivity contribution in [3.8, 4) is 0 Å². The van der Waals surface area contributed by atoms with Gasteiger partial charge in [0.1, 0.15) is 11.2 Å². The van der Waals surface area contributed by atoms with Gasteiger partial charge in [0.25, 0.3) is 0 Å². The van der Waals surface area contributed by atoms with Crippen LogP contribution in [0.2, 0.25) is 0 Å². The number of ether oxygens (including phenoxy) is 1. The standard InChI is InChI=1S/C9H13NO3S/c1-9(2,3)12-8(11)6-4-5-14-13-7(6)10/h4-5H,10H2,1-3H3. The summed E-state index contributed by atoms with van der Waals surface area (Å²) in [5.41, 5.74) is 5.22. The van der Waals surface area contributed by atoms with Crippen molar-refractivity contribution in [1.29, 1.82) is 0 Å². The van der Waals surface area contributed by atoms with E-state index in [0.717, 1.165) is 12.0 Å². The van der Waals surface area contributed by atoms with Crippen LogP contribution in [0.5, 0.6) is 0 Å². The number of nitrogens with two attached hydrogens (primary N) is 1. The zero-order valence-corrected chi connectivity index (χ0v) is 9.18. The lowest BCUT2D eigenvalue weighted by molar-refractivity contribution is -0.149. The zero-order valence-electron chi connectivity index (χ0n) is 8.37. The first-order valence-electron chi connectivity index (χ1n) is 4.13. The molecule has 0 aromatic carbocycles. The van der Waals surface area contributed by atoms with Crippen LogP contribution in [-0.2, 0) is 13.7 Å². The van der Waals surface area contributed by atoms with Crippen molar-refractivity contribution in [2.75, 3.05) is 0 Å². The third-order valence-electron chi connectivity index (χ3n) is 1.31. The molecule has 0 saturated carbocycles.